The van der Waals surface area contributed by atoms with Gasteiger partial charge in [-0.05, 0) is 35.9 Å². The van der Waals surface area contributed by atoms with Gasteiger partial charge >= 0.3 is 0 Å². The number of aromatic nitrogens is 2. The Labute approximate surface area is 161 Å². The molecule has 142 valence electrons. The van der Waals surface area contributed by atoms with Crippen molar-refractivity contribution in [2.45, 2.75) is 6.54 Å². The highest BCUT2D eigenvalue weighted by atomic mass is 16.7. The molecule has 0 fully saturated rings. The number of anilines is 2. The Hall–Kier alpha value is -3.81. The topological polar surface area (TPSA) is 94.6 Å². The number of ether oxygens (including phenoxy) is 3. The van der Waals surface area contributed by atoms with Crippen LogP contribution in [0.25, 0.3) is 0 Å². The SMILES string of the molecule is COc1ccc(CNc2nccc(C(=O)Nc3ccc4c(c3)OCO4)n2)cc1. The van der Waals surface area contributed by atoms with E-state index in [-0.39, 0.29) is 18.4 Å². The summed E-state index contributed by atoms with van der Waals surface area (Å²) in [6, 6.07) is 14.4. The molecule has 1 aromatic heterocycles. The lowest BCUT2D eigenvalue weighted by Gasteiger charge is -2.08. The van der Waals surface area contributed by atoms with Crippen LogP contribution in [0.1, 0.15) is 16.1 Å². The number of carbonyl (C=O) groups excluding carboxylic acids is 1. The van der Waals surface area contributed by atoms with Gasteiger partial charge in [-0.3, -0.25) is 4.79 Å². The second-order valence-electron chi connectivity index (χ2n) is 5.99. The molecule has 8 nitrogen and oxygen atoms in total. The summed E-state index contributed by atoms with van der Waals surface area (Å²) in [5, 5.41) is 5.91. The molecule has 8 heteroatoms. The molecule has 1 amide bonds. The fraction of sp³-hybridized carbons (Fsp3) is 0.150. The molecular formula is C20H18N4O4. The number of fused-ring (bicyclic) bond motifs is 1. The summed E-state index contributed by atoms with van der Waals surface area (Å²) >= 11 is 0. The van der Waals surface area contributed by atoms with Crippen molar-refractivity contribution in [2.75, 3.05) is 24.5 Å². The van der Waals surface area contributed by atoms with E-state index < -0.39 is 0 Å². The van der Waals surface area contributed by atoms with Gasteiger partial charge in [0, 0.05) is 24.5 Å². The number of hydrogen-bond donors (Lipinski definition) is 2. The van der Waals surface area contributed by atoms with Gasteiger partial charge in [-0.2, -0.15) is 0 Å². The number of benzene rings is 2. The molecule has 28 heavy (non-hydrogen) atoms. The van der Waals surface area contributed by atoms with Crippen LogP contribution in [0.5, 0.6) is 17.2 Å². The molecular weight excluding hydrogens is 360 g/mol. The minimum Gasteiger partial charge on any atom is -0.497 e. The van der Waals surface area contributed by atoms with Crippen molar-refractivity contribution in [3.63, 3.8) is 0 Å². The van der Waals surface area contributed by atoms with Crippen LogP contribution in [0.4, 0.5) is 11.6 Å². The van der Waals surface area contributed by atoms with Crippen LogP contribution in [-0.4, -0.2) is 29.8 Å². The van der Waals surface area contributed by atoms with E-state index in [0.29, 0.717) is 29.7 Å². The molecule has 0 bridgehead atoms. The van der Waals surface area contributed by atoms with Crippen LogP contribution in [-0.2, 0) is 6.54 Å². The number of nitrogens with zero attached hydrogens (tertiary/aromatic N) is 2. The Morgan fingerprint density at radius 2 is 1.93 bits per heavy atom. The Morgan fingerprint density at radius 1 is 1.11 bits per heavy atom. The molecule has 3 aromatic rings. The molecule has 4 rings (SSSR count). The zero-order valence-electron chi connectivity index (χ0n) is 15.1. The van der Waals surface area contributed by atoms with Crippen LogP contribution in [0.3, 0.4) is 0 Å². The maximum absolute atomic E-state index is 12.5. The number of carbonyl (C=O) groups is 1. The normalized spacial score (nSPS) is 11.8. The zero-order chi connectivity index (χ0) is 19.3. The second kappa shape index (κ2) is 7.83. The van der Waals surface area contributed by atoms with Crippen LogP contribution in [0.2, 0.25) is 0 Å². The van der Waals surface area contributed by atoms with Crippen molar-refractivity contribution < 1.29 is 19.0 Å². The summed E-state index contributed by atoms with van der Waals surface area (Å²) in [4.78, 5) is 20.9. The van der Waals surface area contributed by atoms with Crippen molar-refractivity contribution in [1.82, 2.24) is 9.97 Å². The molecule has 0 unspecified atom stereocenters. The summed E-state index contributed by atoms with van der Waals surface area (Å²) in [6.45, 7) is 0.707. The fourth-order valence-electron chi connectivity index (χ4n) is 2.66. The third-order valence-corrected chi connectivity index (χ3v) is 4.13. The summed E-state index contributed by atoms with van der Waals surface area (Å²) in [7, 11) is 1.63. The quantitative estimate of drug-likeness (QED) is 0.681. The number of amides is 1. The first-order valence-electron chi connectivity index (χ1n) is 8.62. The van der Waals surface area contributed by atoms with E-state index >= 15 is 0 Å². The number of hydrogen-bond acceptors (Lipinski definition) is 7. The third-order valence-electron chi connectivity index (χ3n) is 4.13. The van der Waals surface area contributed by atoms with Gasteiger partial charge in [0.05, 0.1) is 7.11 Å². The second-order valence-corrected chi connectivity index (χ2v) is 5.99. The summed E-state index contributed by atoms with van der Waals surface area (Å²) in [5.74, 6) is 2.08. The molecule has 0 saturated heterocycles. The first-order valence-corrected chi connectivity index (χ1v) is 8.62. The lowest BCUT2D eigenvalue weighted by atomic mass is 10.2. The minimum atomic E-state index is -0.339. The van der Waals surface area contributed by atoms with E-state index in [9.17, 15) is 4.79 Å². The highest BCUT2D eigenvalue weighted by Gasteiger charge is 2.15. The minimum absolute atomic E-state index is 0.182. The third kappa shape index (κ3) is 3.96. The number of nitrogens with one attached hydrogen (secondary N) is 2. The fourth-order valence-corrected chi connectivity index (χ4v) is 2.66. The Kier molecular flexibility index (Phi) is 4.92. The van der Waals surface area contributed by atoms with Crippen molar-refractivity contribution in [1.29, 1.82) is 0 Å². The highest BCUT2D eigenvalue weighted by Crippen LogP contribution is 2.34. The van der Waals surface area contributed by atoms with Crippen LogP contribution in [0.15, 0.2) is 54.7 Å². The van der Waals surface area contributed by atoms with Crippen LogP contribution < -0.4 is 24.8 Å². The van der Waals surface area contributed by atoms with Gasteiger partial charge in [0.15, 0.2) is 11.5 Å². The molecule has 0 radical (unpaired) electrons. The van der Waals surface area contributed by atoms with E-state index in [0.717, 1.165) is 11.3 Å². The van der Waals surface area contributed by atoms with Gasteiger partial charge in [0.25, 0.3) is 5.91 Å². The van der Waals surface area contributed by atoms with Gasteiger partial charge in [-0.15, -0.1) is 0 Å². The Bertz CT molecular complexity index is 992. The zero-order valence-corrected chi connectivity index (χ0v) is 15.1. The number of methoxy groups -OCH3 is 1. The van der Waals surface area contributed by atoms with Crippen molar-refractivity contribution in [3.05, 3.63) is 66.0 Å². The molecule has 2 aromatic carbocycles. The molecule has 2 heterocycles. The van der Waals surface area contributed by atoms with E-state index in [2.05, 4.69) is 20.6 Å². The first kappa shape index (κ1) is 17.6. The summed E-state index contributed by atoms with van der Waals surface area (Å²) in [6.07, 6.45) is 1.54. The lowest BCUT2D eigenvalue weighted by Crippen LogP contribution is -2.15. The molecule has 0 saturated carbocycles. The van der Waals surface area contributed by atoms with E-state index in [4.69, 9.17) is 14.2 Å². The van der Waals surface area contributed by atoms with Gasteiger partial charge in [-0.25, -0.2) is 9.97 Å². The molecule has 0 atom stereocenters. The van der Waals surface area contributed by atoms with Gasteiger partial charge in [-0.1, -0.05) is 12.1 Å². The van der Waals surface area contributed by atoms with E-state index in [1.807, 2.05) is 24.3 Å². The smallest absolute Gasteiger partial charge is 0.274 e. The van der Waals surface area contributed by atoms with E-state index in [1.165, 1.54) is 6.20 Å². The van der Waals surface area contributed by atoms with Gasteiger partial charge in [0.2, 0.25) is 12.7 Å². The monoisotopic (exact) mass is 378 g/mol. The first-order chi connectivity index (χ1) is 13.7. The predicted octanol–water partition coefficient (Wildman–Crippen LogP) is 3.08. The Morgan fingerprint density at radius 3 is 2.75 bits per heavy atom. The lowest BCUT2D eigenvalue weighted by molar-refractivity contribution is 0.102. The predicted molar refractivity (Wildman–Crippen MR) is 103 cm³/mol. The van der Waals surface area contributed by atoms with Crippen LogP contribution in [0, 0.1) is 0 Å². The van der Waals surface area contributed by atoms with Crippen molar-refractivity contribution in [2.24, 2.45) is 0 Å². The van der Waals surface area contributed by atoms with Crippen molar-refractivity contribution >= 4 is 17.5 Å². The molecule has 2 N–H and O–H groups in total. The van der Waals surface area contributed by atoms with Gasteiger partial charge < -0.3 is 24.8 Å². The average Bonchev–Trinajstić information content (AvgIpc) is 3.21. The van der Waals surface area contributed by atoms with Crippen LogP contribution >= 0.6 is 0 Å². The maximum Gasteiger partial charge on any atom is 0.274 e. The molecule has 1 aliphatic rings. The molecule has 1 aliphatic heterocycles. The maximum atomic E-state index is 12.5. The summed E-state index contributed by atoms with van der Waals surface area (Å²) in [5.41, 5.74) is 1.89. The number of rotatable bonds is 6. The Balaban J connectivity index is 1.40. The van der Waals surface area contributed by atoms with Crippen molar-refractivity contribution in [3.8, 4) is 17.2 Å². The summed E-state index contributed by atoms with van der Waals surface area (Å²) < 4.78 is 15.7. The highest BCUT2D eigenvalue weighted by molar-refractivity contribution is 6.03. The largest absolute Gasteiger partial charge is 0.497 e. The average molecular weight is 378 g/mol. The van der Waals surface area contributed by atoms with E-state index in [1.54, 1.807) is 31.4 Å². The van der Waals surface area contributed by atoms with Gasteiger partial charge in [0.1, 0.15) is 11.4 Å². The molecule has 0 spiro atoms. The molecule has 0 aliphatic carbocycles. The standard InChI is InChI=1S/C20H18N4O4/c1-26-15-5-2-13(3-6-15)11-22-20-21-9-8-16(24-20)19(25)23-14-4-7-17-18(10-14)28-12-27-17/h2-10H,11-12H2,1H3,(H,23,25)(H,21,22,24).